The molecule has 0 saturated heterocycles. The van der Waals surface area contributed by atoms with Gasteiger partial charge in [0.2, 0.25) is 0 Å². The Morgan fingerprint density at radius 1 is 1.53 bits per heavy atom. The summed E-state index contributed by atoms with van der Waals surface area (Å²) in [7, 11) is 1.83. The lowest BCUT2D eigenvalue weighted by Crippen LogP contribution is -2.34. The second-order valence-corrected chi connectivity index (χ2v) is 7.17. The first-order valence-electron chi connectivity index (χ1n) is 7.27. The first-order valence-corrected chi connectivity index (χ1v) is 8.09. The first-order chi connectivity index (χ1) is 9.02. The Morgan fingerprint density at radius 3 is 2.74 bits per heavy atom. The molecule has 0 radical (unpaired) electrons. The Bertz CT molecular complexity index is 430. The molecule has 0 aliphatic heterocycles. The molecule has 108 valence electrons. The molecule has 3 nitrogen and oxygen atoms in total. The normalized spacial score (nSPS) is 28.0. The van der Waals surface area contributed by atoms with Gasteiger partial charge in [-0.2, -0.15) is 0 Å². The fraction of sp³-hybridized carbons (Fsp3) is 0.800. The van der Waals surface area contributed by atoms with Crippen molar-refractivity contribution in [1.29, 1.82) is 0 Å². The number of rotatable bonds is 4. The maximum absolute atomic E-state index is 5.93. The molecule has 1 saturated carbocycles. The summed E-state index contributed by atoms with van der Waals surface area (Å²) in [6.07, 6.45) is 4.70. The van der Waals surface area contributed by atoms with E-state index in [0.29, 0.717) is 18.4 Å². The van der Waals surface area contributed by atoms with Crippen LogP contribution < -0.4 is 5.73 Å². The maximum Gasteiger partial charge on any atom is 0.125 e. The first kappa shape index (κ1) is 14.9. The molecule has 2 atom stereocenters. The number of hydrogen-bond donors (Lipinski definition) is 1. The average Bonchev–Trinajstić information content (AvgIpc) is 2.83. The van der Waals surface area contributed by atoms with Gasteiger partial charge < -0.3 is 10.5 Å². The zero-order valence-corrected chi connectivity index (χ0v) is 13.3. The number of hydrogen-bond acceptors (Lipinski definition) is 4. The van der Waals surface area contributed by atoms with Crippen LogP contribution in [0.25, 0.3) is 0 Å². The lowest BCUT2D eigenvalue weighted by molar-refractivity contribution is -0.0581. The van der Waals surface area contributed by atoms with Gasteiger partial charge in [0.25, 0.3) is 0 Å². The topological polar surface area (TPSA) is 48.1 Å². The van der Waals surface area contributed by atoms with Gasteiger partial charge in [0.15, 0.2) is 0 Å². The van der Waals surface area contributed by atoms with Gasteiger partial charge in [-0.3, -0.25) is 0 Å². The van der Waals surface area contributed by atoms with Gasteiger partial charge in [0, 0.05) is 18.5 Å². The molecule has 1 aliphatic rings. The zero-order chi connectivity index (χ0) is 14.0. The third kappa shape index (κ3) is 2.86. The average molecular weight is 282 g/mol. The monoisotopic (exact) mass is 282 g/mol. The number of nitrogens with zero attached hydrogens (tertiary/aromatic N) is 1. The lowest BCUT2D eigenvalue weighted by atomic mass is 9.79. The van der Waals surface area contributed by atoms with Crippen molar-refractivity contribution in [2.45, 2.75) is 64.5 Å². The number of aromatic nitrogens is 1. The van der Waals surface area contributed by atoms with Gasteiger partial charge in [-0.25, -0.2) is 4.98 Å². The van der Waals surface area contributed by atoms with E-state index in [-0.39, 0.29) is 5.60 Å². The number of thiazole rings is 1. The van der Waals surface area contributed by atoms with Crippen molar-refractivity contribution in [3.8, 4) is 0 Å². The highest BCUT2D eigenvalue weighted by Crippen LogP contribution is 2.45. The quantitative estimate of drug-likeness (QED) is 0.914. The lowest BCUT2D eigenvalue weighted by Gasteiger charge is -2.37. The largest absolute Gasteiger partial charge is 0.371 e. The molecule has 4 heteroatoms. The van der Waals surface area contributed by atoms with Gasteiger partial charge in [0.1, 0.15) is 10.6 Å². The molecular weight excluding hydrogens is 256 g/mol. The molecule has 19 heavy (non-hydrogen) atoms. The second kappa shape index (κ2) is 5.90. The van der Waals surface area contributed by atoms with E-state index < -0.39 is 0 Å². The van der Waals surface area contributed by atoms with Crippen LogP contribution in [-0.4, -0.2) is 12.1 Å². The van der Waals surface area contributed by atoms with E-state index in [0.717, 1.165) is 23.5 Å². The van der Waals surface area contributed by atoms with Crippen molar-refractivity contribution in [1.82, 2.24) is 4.98 Å². The standard InChI is InChI=1S/C15H26N2OS/c1-10(2)13-12(9-16)19-14(17-13)15(18-4)7-5-6-11(3)8-15/h10-11H,5-9,16H2,1-4H3. The molecule has 1 fully saturated rings. The highest BCUT2D eigenvalue weighted by Gasteiger charge is 2.40. The van der Waals surface area contributed by atoms with Crippen LogP contribution in [0.1, 0.15) is 68.0 Å². The molecular formula is C15H26N2OS. The second-order valence-electron chi connectivity index (χ2n) is 6.09. The fourth-order valence-electron chi connectivity index (χ4n) is 3.13. The van der Waals surface area contributed by atoms with E-state index in [1.54, 1.807) is 11.3 Å². The third-order valence-electron chi connectivity index (χ3n) is 4.20. The van der Waals surface area contributed by atoms with E-state index >= 15 is 0 Å². The summed E-state index contributed by atoms with van der Waals surface area (Å²) >= 11 is 1.76. The van der Waals surface area contributed by atoms with Crippen LogP contribution in [0.2, 0.25) is 0 Å². The van der Waals surface area contributed by atoms with Crippen LogP contribution in [-0.2, 0) is 16.9 Å². The molecule has 0 bridgehead atoms. The molecule has 0 aromatic carbocycles. The summed E-state index contributed by atoms with van der Waals surface area (Å²) in [5, 5.41) is 1.14. The maximum atomic E-state index is 5.93. The molecule has 2 unspecified atom stereocenters. The minimum atomic E-state index is -0.167. The van der Waals surface area contributed by atoms with Crippen LogP contribution in [0, 0.1) is 5.92 Å². The SMILES string of the molecule is COC1(c2nc(C(C)C)c(CN)s2)CCCC(C)C1. The van der Waals surface area contributed by atoms with Crippen LogP contribution in [0.5, 0.6) is 0 Å². The third-order valence-corrected chi connectivity index (χ3v) is 5.47. The van der Waals surface area contributed by atoms with Crippen molar-refractivity contribution in [3.63, 3.8) is 0 Å². The summed E-state index contributed by atoms with van der Waals surface area (Å²) in [5.74, 6) is 1.14. The number of methoxy groups -OCH3 is 1. The van der Waals surface area contributed by atoms with E-state index in [1.807, 2.05) is 7.11 Å². The van der Waals surface area contributed by atoms with Crippen LogP contribution >= 0.6 is 11.3 Å². The van der Waals surface area contributed by atoms with Crippen LogP contribution in [0.3, 0.4) is 0 Å². The molecule has 1 aliphatic carbocycles. The van der Waals surface area contributed by atoms with Gasteiger partial charge in [0.05, 0.1) is 5.69 Å². The number of ether oxygens (including phenoxy) is 1. The Morgan fingerprint density at radius 2 is 2.26 bits per heavy atom. The van der Waals surface area contributed by atoms with Crippen molar-refractivity contribution < 1.29 is 4.74 Å². The summed E-state index contributed by atoms with van der Waals surface area (Å²) < 4.78 is 5.93. The fourth-order valence-corrected chi connectivity index (χ4v) is 4.43. The van der Waals surface area contributed by atoms with E-state index in [2.05, 4.69) is 20.8 Å². The summed E-state index contributed by atoms with van der Waals surface area (Å²) in [4.78, 5) is 6.12. The van der Waals surface area contributed by atoms with E-state index in [1.165, 1.54) is 17.7 Å². The van der Waals surface area contributed by atoms with Crippen molar-refractivity contribution in [2.24, 2.45) is 11.7 Å². The summed E-state index contributed by atoms with van der Waals surface area (Å²) in [5.41, 5.74) is 6.87. The van der Waals surface area contributed by atoms with Crippen molar-refractivity contribution >= 4 is 11.3 Å². The van der Waals surface area contributed by atoms with Gasteiger partial charge in [-0.1, -0.05) is 27.2 Å². The summed E-state index contributed by atoms with van der Waals surface area (Å²) in [6.45, 7) is 7.26. The minimum Gasteiger partial charge on any atom is -0.371 e. The molecule has 2 N–H and O–H groups in total. The molecule has 1 aromatic rings. The highest BCUT2D eigenvalue weighted by atomic mass is 32.1. The zero-order valence-electron chi connectivity index (χ0n) is 12.5. The molecule has 1 aromatic heterocycles. The van der Waals surface area contributed by atoms with E-state index in [9.17, 15) is 0 Å². The number of nitrogens with two attached hydrogens (primary N) is 1. The Balaban J connectivity index is 2.38. The van der Waals surface area contributed by atoms with Crippen LogP contribution in [0.15, 0.2) is 0 Å². The predicted molar refractivity (Wildman–Crippen MR) is 80.4 cm³/mol. The van der Waals surface area contributed by atoms with Crippen molar-refractivity contribution in [2.75, 3.05) is 7.11 Å². The van der Waals surface area contributed by atoms with Crippen LogP contribution in [0.4, 0.5) is 0 Å². The van der Waals surface area contributed by atoms with Gasteiger partial charge in [-0.15, -0.1) is 11.3 Å². The van der Waals surface area contributed by atoms with Crippen molar-refractivity contribution in [3.05, 3.63) is 15.6 Å². The Kier molecular flexibility index (Phi) is 4.64. The smallest absolute Gasteiger partial charge is 0.125 e. The molecule has 1 heterocycles. The minimum absolute atomic E-state index is 0.167. The molecule has 2 rings (SSSR count). The predicted octanol–water partition coefficient (Wildman–Crippen LogP) is 3.78. The van der Waals surface area contributed by atoms with E-state index in [4.69, 9.17) is 15.5 Å². The van der Waals surface area contributed by atoms with Gasteiger partial charge in [-0.05, 0) is 31.1 Å². The summed E-state index contributed by atoms with van der Waals surface area (Å²) in [6, 6.07) is 0. The molecule has 0 spiro atoms. The highest BCUT2D eigenvalue weighted by molar-refractivity contribution is 7.11. The Hall–Kier alpha value is -0.450. The van der Waals surface area contributed by atoms with Gasteiger partial charge >= 0.3 is 0 Å². The molecule has 0 amide bonds. The Labute approximate surface area is 120 Å².